The molecule has 0 heterocycles. The summed E-state index contributed by atoms with van der Waals surface area (Å²) in [7, 11) is 0. The molecule has 1 unspecified atom stereocenters. The number of carbonyl (C=O) groups excluding carboxylic acids is 2. The number of aliphatic carboxylic acids is 1. The van der Waals surface area contributed by atoms with Crippen LogP contribution in [-0.4, -0.2) is 53.2 Å². The third-order valence-corrected chi connectivity index (χ3v) is 5.96. The first-order valence-electron chi connectivity index (χ1n) is 11.0. The van der Waals surface area contributed by atoms with Crippen LogP contribution in [0.4, 0.5) is 4.79 Å². The van der Waals surface area contributed by atoms with Gasteiger partial charge in [-0.3, -0.25) is 4.79 Å². The first-order valence-corrected chi connectivity index (χ1v) is 11.0. The number of ether oxygens (including phenoxy) is 1. The van der Waals surface area contributed by atoms with E-state index in [4.69, 9.17) is 4.74 Å². The van der Waals surface area contributed by atoms with E-state index in [0.29, 0.717) is 12.8 Å². The van der Waals surface area contributed by atoms with Gasteiger partial charge in [0.2, 0.25) is 5.91 Å². The second-order valence-electron chi connectivity index (χ2n) is 7.95. The summed E-state index contributed by atoms with van der Waals surface area (Å²) in [5, 5.41) is 11.9. The van der Waals surface area contributed by atoms with Gasteiger partial charge in [0.1, 0.15) is 18.7 Å². The fraction of sp³-hybridized carbons (Fsp3) is 0.400. The van der Waals surface area contributed by atoms with Crippen LogP contribution in [-0.2, 0) is 14.3 Å². The molecule has 32 heavy (non-hydrogen) atoms. The van der Waals surface area contributed by atoms with Gasteiger partial charge in [-0.2, -0.15) is 0 Å². The summed E-state index contributed by atoms with van der Waals surface area (Å²) in [5.74, 6) is -1.58. The Morgan fingerprint density at radius 1 is 1.03 bits per heavy atom. The van der Waals surface area contributed by atoms with Crippen LogP contribution < -0.4 is 5.32 Å². The summed E-state index contributed by atoms with van der Waals surface area (Å²) in [6.45, 7) is 5.46. The maximum atomic E-state index is 12.9. The normalized spacial score (nSPS) is 14.1. The van der Waals surface area contributed by atoms with Crippen LogP contribution in [0.25, 0.3) is 11.1 Å². The highest BCUT2D eigenvalue weighted by atomic mass is 16.5. The lowest BCUT2D eigenvalue weighted by molar-refractivity contribution is -0.150. The predicted molar refractivity (Wildman–Crippen MR) is 121 cm³/mol. The average Bonchev–Trinajstić information content (AvgIpc) is 3.11. The molecule has 2 amide bonds. The van der Waals surface area contributed by atoms with Crippen molar-refractivity contribution in [2.45, 2.75) is 51.6 Å². The summed E-state index contributed by atoms with van der Waals surface area (Å²) in [6.07, 6.45) is 0.364. The number of carbonyl (C=O) groups is 3. The number of fused-ring (bicyclic) bond motifs is 3. The number of hydrogen-bond donors (Lipinski definition) is 2. The zero-order valence-corrected chi connectivity index (χ0v) is 18.7. The molecule has 170 valence electrons. The minimum Gasteiger partial charge on any atom is -0.480 e. The molecule has 1 aliphatic carbocycles. The first kappa shape index (κ1) is 23.3. The van der Waals surface area contributed by atoms with Gasteiger partial charge in [0.25, 0.3) is 0 Å². The van der Waals surface area contributed by atoms with Crippen molar-refractivity contribution in [3.63, 3.8) is 0 Å². The third kappa shape index (κ3) is 4.77. The number of likely N-dealkylation sites (N-methyl/N-ethyl adjacent to an activating group) is 1. The highest BCUT2D eigenvalue weighted by Gasteiger charge is 2.32. The maximum absolute atomic E-state index is 12.9. The van der Waals surface area contributed by atoms with Gasteiger partial charge in [-0.1, -0.05) is 61.9 Å². The number of alkyl carbamates (subject to hydrolysis) is 1. The topological polar surface area (TPSA) is 95.9 Å². The lowest BCUT2D eigenvalue weighted by Gasteiger charge is -2.29. The van der Waals surface area contributed by atoms with E-state index in [0.717, 1.165) is 22.3 Å². The quantitative estimate of drug-likeness (QED) is 0.617. The summed E-state index contributed by atoms with van der Waals surface area (Å²) in [4.78, 5) is 38.1. The zero-order valence-electron chi connectivity index (χ0n) is 18.7. The molecule has 3 rings (SSSR count). The molecule has 2 aromatic carbocycles. The predicted octanol–water partition coefficient (Wildman–Crippen LogP) is 4.02. The van der Waals surface area contributed by atoms with Crippen molar-refractivity contribution >= 4 is 18.0 Å². The molecule has 2 atom stereocenters. The van der Waals surface area contributed by atoms with Gasteiger partial charge in [-0.15, -0.1) is 0 Å². The van der Waals surface area contributed by atoms with E-state index in [-0.39, 0.29) is 19.1 Å². The summed E-state index contributed by atoms with van der Waals surface area (Å²) in [6, 6.07) is 14.3. The first-order chi connectivity index (χ1) is 15.4. The Morgan fingerprint density at radius 3 is 2.09 bits per heavy atom. The van der Waals surface area contributed by atoms with Gasteiger partial charge in [0, 0.05) is 12.5 Å². The molecule has 0 saturated carbocycles. The van der Waals surface area contributed by atoms with Gasteiger partial charge >= 0.3 is 12.1 Å². The lowest BCUT2D eigenvalue weighted by Crippen LogP contribution is -2.53. The van der Waals surface area contributed by atoms with Crippen molar-refractivity contribution in [2.24, 2.45) is 0 Å². The van der Waals surface area contributed by atoms with E-state index >= 15 is 0 Å². The van der Waals surface area contributed by atoms with Crippen LogP contribution in [0, 0.1) is 0 Å². The van der Waals surface area contributed by atoms with E-state index in [1.165, 1.54) is 11.8 Å². The van der Waals surface area contributed by atoms with Crippen molar-refractivity contribution in [1.82, 2.24) is 10.2 Å². The Morgan fingerprint density at radius 2 is 1.59 bits per heavy atom. The minimum atomic E-state index is -1.09. The lowest BCUT2D eigenvalue weighted by atomic mass is 9.98. The molecule has 0 aromatic heterocycles. The Bertz CT molecular complexity index is 944. The minimum absolute atomic E-state index is 0.0763. The standard InChI is InChI=1S/C25H30N2O5/c1-4-10-22(23(28)27(5-2)16(3)24(29)30)26-25(31)32-15-21-19-13-8-6-11-17(19)18-12-7-9-14-20(18)21/h6-9,11-14,16,21-22H,4-5,10,15H2,1-3H3,(H,26,31)(H,29,30)/t16?,22-/m1/s1. The number of carboxylic acid groups (broad SMARTS) is 1. The van der Waals surface area contributed by atoms with Crippen LogP contribution in [0.5, 0.6) is 0 Å². The molecule has 0 aliphatic heterocycles. The summed E-state index contributed by atoms with van der Waals surface area (Å²) < 4.78 is 5.55. The highest BCUT2D eigenvalue weighted by Crippen LogP contribution is 2.44. The molecule has 2 aromatic rings. The number of nitrogens with zero attached hydrogens (tertiary/aromatic N) is 1. The van der Waals surface area contributed by atoms with E-state index in [1.807, 2.05) is 43.3 Å². The van der Waals surface area contributed by atoms with E-state index < -0.39 is 30.1 Å². The van der Waals surface area contributed by atoms with Crippen LogP contribution >= 0.6 is 0 Å². The number of carboxylic acids is 1. The van der Waals surface area contributed by atoms with Crippen molar-refractivity contribution in [3.8, 4) is 11.1 Å². The molecule has 0 radical (unpaired) electrons. The number of hydrogen-bond acceptors (Lipinski definition) is 4. The van der Waals surface area contributed by atoms with Crippen molar-refractivity contribution < 1.29 is 24.2 Å². The third-order valence-electron chi connectivity index (χ3n) is 5.96. The Labute approximate surface area is 188 Å². The Kier molecular flexibility index (Phi) is 7.51. The van der Waals surface area contributed by atoms with Crippen LogP contribution in [0.15, 0.2) is 48.5 Å². The van der Waals surface area contributed by atoms with Crippen LogP contribution in [0.3, 0.4) is 0 Å². The molecule has 0 spiro atoms. The molecule has 7 nitrogen and oxygen atoms in total. The smallest absolute Gasteiger partial charge is 0.407 e. The fourth-order valence-corrected chi connectivity index (χ4v) is 4.28. The van der Waals surface area contributed by atoms with Gasteiger partial charge in [0.15, 0.2) is 0 Å². The molecule has 0 bridgehead atoms. The van der Waals surface area contributed by atoms with E-state index in [2.05, 4.69) is 17.4 Å². The fourth-order valence-electron chi connectivity index (χ4n) is 4.28. The summed E-state index contributed by atoms with van der Waals surface area (Å²) >= 11 is 0. The van der Waals surface area contributed by atoms with Crippen molar-refractivity contribution in [1.29, 1.82) is 0 Å². The number of rotatable bonds is 9. The van der Waals surface area contributed by atoms with E-state index in [1.54, 1.807) is 6.92 Å². The summed E-state index contributed by atoms with van der Waals surface area (Å²) in [5.41, 5.74) is 4.49. The Hall–Kier alpha value is -3.35. The second kappa shape index (κ2) is 10.3. The second-order valence-corrected chi connectivity index (χ2v) is 7.95. The highest BCUT2D eigenvalue weighted by molar-refractivity contribution is 5.89. The van der Waals surface area contributed by atoms with E-state index in [9.17, 15) is 19.5 Å². The maximum Gasteiger partial charge on any atom is 0.407 e. The monoisotopic (exact) mass is 438 g/mol. The SMILES string of the molecule is CCC[C@@H](NC(=O)OCC1c2ccccc2-c2ccccc21)C(=O)N(CC)C(C)C(=O)O. The average molecular weight is 439 g/mol. The number of benzene rings is 2. The van der Waals surface area contributed by atoms with Crippen molar-refractivity contribution in [2.75, 3.05) is 13.2 Å². The Balaban J connectivity index is 1.69. The van der Waals surface area contributed by atoms with Crippen LogP contribution in [0.1, 0.15) is 50.7 Å². The number of nitrogens with one attached hydrogen (secondary N) is 1. The molecular weight excluding hydrogens is 408 g/mol. The van der Waals surface area contributed by atoms with Crippen molar-refractivity contribution in [3.05, 3.63) is 59.7 Å². The number of amides is 2. The molecule has 0 saturated heterocycles. The van der Waals surface area contributed by atoms with Gasteiger partial charge in [-0.25, -0.2) is 9.59 Å². The van der Waals surface area contributed by atoms with Gasteiger partial charge in [-0.05, 0) is 42.5 Å². The largest absolute Gasteiger partial charge is 0.480 e. The van der Waals surface area contributed by atoms with Gasteiger partial charge < -0.3 is 20.1 Å². The zero-order chi connectivity index (χ0) is 23.3. The van der Waals surface area contributed by atoms with Crippen LogP contribution in [0.2, 0.25) is 0 Å². The molecule has 7 heteroatoms. The van der Waals surface area contributed by atoms with Gasteiger partial charge in [0.05, 0.1) is 0 Å². The molecule has 1 aliphatic rings. The molecular formula is C25H30N2O5. The molecule has 0 fully saturated rings. The molecule has 2 N–H and O–H groups in total.